The van der Waals surface area contributed by atoms with Crippen molar-refractivity contribution >= 4 is 5.57 Å². The number of allylic oxidation sites excluding steroid dienone is 1. The lowest BCUT2D eigenvalue weighted by atomic mass is 10.1. The van der Waals surface area contributed by atoms with Gasteiger partial charge in [0.15, 0.2) is 17.4 Å². The average molecular weight is 283 g/mol. The Balaban J connectivity index is 1.87. The predicted molar refractivity (Wildman–Crippen MR) is 81.3 cm³/mol. The van der Waals surface area contributed by atoms with E-state index in [0.29, 0.717) is 17.4 Å². The third-order valence-electron chi connectivity index (χ3n) is 3.34. The number of nitrogens with one attached hydrogen (secondary N) is 1. The summed E-state index contributed by atoms with van der Waals surface area (Å²) >= 11 is 0. The van der Waals surface area contributed by atoms with Gasteiger partial charge < -0.3 is 19.5 Å². The van der Waals surface area contributed by atoms with Crippen LogP contribution in [0.2, 0.25) is 0 Å². The summed E-state index contributed by atoms with van der Waals surface area (Å²) in [7, 11) is 1.84. The van der Waals surface area contributed by atoms with Crippen molar-refractivity contribution in [1.29, 1.82) is 0 Å². The van der Waals surface area contributed by atoms with Gasteiger partial charge in [0, 0.05) is 18.7 Å². The Bertz CT molecular complexity index is 665. The normalized spacial score (nSPS) is 13.6. The number of hydrogen-bond donors (Lipinski definition) is 1. The molecule has 4 nitrogen and oxygen atoms in total. The highest BCUT2D eigenvalue weighted by atomic mass is 16.7. The van der Waals surface area contributed by atoms with Crippen molar-refractivity contribution in [3.05, 3.63) is 60.0 Å². The SMILES string of the molecule is CN/C(Oc1ccc2c(c1)OCO2)=C(/C)c1ccccc1. The number of fused-ring (bicyclic) bond motifs is 1. The minimum atomic E-state index is 0.260. The Morgan fingerprint density at radius 1 is 1.05 bits per heavy atom. The molecule has 2 aromatic rings. The Morgan fingerprint density at radius 2 is 1.81 bits per heavy atom. The molecule has 1 aliphatic heterocycles. The van der Waals surface area contributed by atoms with Crippen LogP contribution in [-0.4, -0.2) is 13.8 Å². The van der Waals surface area contributed by atoms with Gasteiger partial charge in [0.25, 0.3) is 0 Å². The second-order valence-electron chi connectivity index (χ2n) is 4.69. The van der Waals surface area contributed by atoms with Crippen LogP contribution in [-0.2, 0) is 0 Å². The summed E-state index contributed by atoms with van der Waals surface area (Å²) in [4.78, 5) is 0. The van der Waals surface area contributed by atoms with Crippen molar-refractivity contribution in [3.63, 3.8) is 0 Å². The van der Waals surface area contributed by atoms with Crippen LogP contribution in [0, 0.1) is 0 Å². The Morgan fingerprint density at radius 3 is 2.57 bits per heavy atom. The van der Waals surface area contributed by atoms with Gasteiger partial charge in [-0.1, -0.05) is 30.3 Å². The standard InChI is InChI=1S/C17H17NO3/c1-12(13-6-4-3-5-7-13)17(18-2)21-14-8-9-15-16(10-14)20-11-19-15/h3-10,18H,11H2,1-2H3/b17-12+. The highest BCUT2D eigenvalue weighted by Gasteiger charge is 2.15. The summed E-state index contributed by atoms with van der Waals surface area (Å²) in [5.41, 5.74) is 2.15. The van der Waals surface area contributed by atoms with E-state index in [1.807, 2.05) is 50.4 Å². The van der Waals surface area contributed by atoms with Crippen LogP contribution in [0.3, 0.4) is 0 Å². The molecule has 2 aromatic carbocycles. The first-order valence-electron chi connectivity index (χ1n) is 6.79. The maximum atomic E-state index is 5.94. The molecule has 0 saturated heterocycles. The summed E-state index contributed by atoms with van der Waals surface area (Å²) < 4.78 is 16.6. The van der Waals surface area contributed by atoms with Gasteiger partial charge in [-0.15, -0.1) is 0 Å². The number of benzene rings is 2. The predicted octanol–water partition coefficient (Wildman–Crippen LogP) is 3.40. The monoisotopic (exact) mass is 283 g/mol. The average Bonchev–Trinajstić information content (AvgIpc) is 3.00. The highest BCUT2D eigenvalue weighted by molar-refractivity contribution is 5.65. The van der Waals surface area contributed by atoms with Gasteiger partial charge in [-0.2, -0.15) is 0 Å². The fourth-order valence-corrected chi connectivity index (χ4v) is 2.19. The van der Waals surface area contributed by atoms with Gasteiger partial charge in [-0.05, 0) is 24.6 Å². The zero-order chi connectivity index (χ0) is 14.7. The minimum absolute atomic E-state index is 0.260. The van der Waals surface area contributed by atoms with Crippen molar-refractivity contribution in [2.24, 2.45) is 0 Å². The van der Waals surface area contributed by atoms with Crippen LogP contribution in [0.4, 0.5) is 0 Å². The summed E-state index contributed by atoms with van der Waals surface area (Å²) in [6, 6.07) is 15.7. The molecule has 0 bridgehead atoms. The number of rotatable bonds is 4. The van der Waals surface area contributed by atoms with E-state index in [0.717, 1.165) is 16.9 Å². The molecule has 4 heteroatoms. The highest BCUT2D eigenvalue weighted by Crippen LogP contribution is 2.35. The van der Waals surface area contributed by atoms with E-state index in [1.54, 1.807) is 0 Å². The fraction of sp³-hybridized carbons (Fsp3) is 0.176. The van der Waals surface area contributed by atoms with Gasteiger partial charge in [0.2, 0.25) is 6.79 Å². The van der Waals surface area contributed by atoms with Gasteiger partial charge in [-0.25, -0.2) is 0 Å². The van der Waals surface area contributed by atoms with E-state index in [4.69, 9.17) is 14.2 Å². The lowest BCUT2D eigenvalue weighted by Gasteiger charge is -2.14. The molecular weight excluding hydrogens is 266 g/mol. The van der Waals surface area contributed by atoms with Crippen LogP contribution in [0.1, 0.15) is 12.5 Å². The Labute approximate surface area is 124 Å². The first kappa shape index (κ1) is 13.4. The molecular formula is C17H17NO3. The quantitative estimate of drug-likeness (QED) is 0.873. The van der Waals surface area contributed by atoms with E-state index >= 15 is 0 Å². The van der Waals surface area contributed by atoms with Crippen molar-refractivity contribution in [2.75, 3.05) is 13.8 Å². The number of hydrogen-bond acceptors (Lipinski definition) is 4. The van der Waals surface area contributed by atoms with Crippen LogP contribution in [0.15, 0.2) is 54.4 Å². The second-order valence-corrected chi connectivity index (χ2v) is 4.69. The van der Waals surface area contributed by atoms with E-state index < -0.39 is 0 Å². The van der Waals surface area contributed by atoms with Crippen LogP contribution >= 0.6 is 0 Å². The molecule has 0 amide bonds. The molecule has 1 N–H and O–H groups in total. The number of ether oxygens (including phenoxy) is 3. The van der Waals surface area contributed by atoms with Crippen LogP contribution in [0.25, 0.3) is 5.57 Å². The third-order valence-corrected chi connectivity index (χ3v) is 3.34. The zero-order valence-electron chi connectivity index (χ0n) is 12.1. The minimum Gasteiger partial charge on any atom is -0.454 e. The van der Waals surface area contributed by atoms with E-state index in [-0.39, 0.29) is 6.79 Å². The van der Waals surface area contributed by atoms with E-state index in [1.165, 1.54) is 0 Å². The van der Waals surface area contributed by atoms with Crippen molar-refractivity contribution in [1.82, 2.24) is 5.32 Å². The molecule has 0 saturated carbocycles. The smallest absolute Gasteiger partial charge is 0.231 e. The molecule has 0 fully saturated rings. The van der Waals surface area contributed by atoms with Gasteiger partial charge in [0.1, 0.15) is 5.75 Å². The molecule has 0 radical (unpaired) electrons. The molecule has 0 spiro atoms. The van der Waals surface area contributed by atoms with E-state index in [9.17, 15) is 0 Å². The summed E-state index contributed by atoms with van der Waals surface area (Å²) in [5.74, 6) is 2.87. The molecule has 0 aliphatic carbocycles. The lowest BCUT2D eigenvalue weighted by Crippen LogP contribution is -2.14. The molecule has 108 valence electrons. The zero-order valence-corrected chi connectivity index (χ0v) is 12.1. The fourth-order valence-electron chi connectivity index (χ4n) is 2.19. The maximum Gasteiger partial charge on any atom is 0.231 e. The van der Waals surface area contributed by atoms with Gasteiger partial charge in [-0.3, -0.25) is 0 Å². The molecule has 1 heterocycles. The first-order chi connectivity index (χ1) is 10.3. The van der Waals surface area contributed by atoms with Crippen LogP contribution < -0.4 is 19.5 Å². The van der Waals surface area contributed by atoms with Crippen LogP contribution in [0.5, 0.6) is 17.2 Å². The molecule has 0 atom stereocenters. The molecule has 0 aromatic heterocycles. The molecule has 1 aliphatic rings. The third kappa shape index (κ3) is 2.79. The maximum absolute atomic E-state index is 5.94. The van der Waals surface area contributed by atoms with Crippen molar-refractivity contribution in [2.45, 2.75) is 6.92 Å². The lowest BCUT2D eigenvalue weighted by molar-refractivity contribution is 0.174. The first-order valence-corrected chi connectivity index (χ1v) is 6.79. The van der Waals surface area contributed by atoms with Crippen molar-refractivity contribution < 1.29 is 14.2 Å². The molecule has 21 heavy (non-hydrogen) atoms. The van der Waals surface area contributed by atoms with E-state index in [2.05, 4.69) is 17.4 Å². The topological polar surface area (TPSA) is 39.7 Å². The van der Waals surface area contributed by atoms with Gasteiger partial charge >= 0.3 is 0 Å². The Hall–Kier alpha value is -2.62. The second kappa shape index (κ2) is 5.79. The largest absolute Gasteiger partial charge is 0.454 e. The summed E-state index contributed by atoms with van der Waals surface area (Å²) in [6.45, 7) is 2.28. The summed E-state index contributed by atoms with van der Waals surface area (Å²) in [6.07, 6.45) is 0. The molecule has 0 unspecified atom stereocenters. The molecule has 3 rings (SSSR count). The Kier molecular flexibility index (Phi) is 3.69. The van der Waals surface area contributed by atoms with Crippen molar-refractivity contribution in [3.8, 4) is 17.2 Å². The summed E-state index contributed by atoms with van der Waals surface area (Å²) in [5, 5.41) is 3.10. The van der Waals surface area contributed by atoms with Gasteiger partial charge in [0.05, 0.1) is 0 Å².